The monoisotopic (exact) mass is 507 g/mol. The molecular formula is C26H25N3O6S. The fraction of sp³-hybridized carbons (Fsp3) is 0.269. The molecule has 0 fully saturated rings. The van der Waals surface area contributed by atoms with E-state index in [0.29, 0.717) is 11.3 Å². The molecule has 0 aromatic heterocycles. The first-order valence-electron chi connectivity index (χ1n) is 10.9. The number of hydrogen-bond donors (Lipinski definition) is 2. The van der Waals surface area contributed by atoms with Gasteiger partial charge in [-0.1, -0.05) is 30.0 Å². The lowest BCUT2D eigenvalue weighted by Crippen LogP contribution is -2.44. The molecule has 3 rings (SSSR count). The fourth-order valence-electron chi connectivity index (χ4n) is 4.01. The van der Waals surface area contributed by atoms with Gasteiger partial charge in [0, 0.05) is 11.6 Å². The van der Waals surface area contributed by atoms with Crippen molar-refractivity contribution in [2.24, 2.45) is 5.92 Å². The lowest BCUT2D eigenvalue weighted by atomic mass is 9.78. The minimum absolute atomic E-state index is 0.0787. The highest BCUT2D eigenvalue weighted by molar-refractivity contribution is 8.03. The average Bonchev–Trinajstić information content (AvgIpc) is 2.85. The van der Waals surface area contributed by atoms with E-state index in [2.05, 4.69) is 16.7 Å². The third-order valence-corrected chi connectivity index (χ3v) is 6.54. The second kappa shape index (κ2) is 11.6. The van der Waals surface area contributed by atoms with Gasteiger partial charge in [0.1, 0.15) is 5.92 Å². The van der Waals surface area contributed by atoms with Crippen LogP contribution in [-0.4, -0.2) is 43.7 Å². The number of hydrogen-bond acceptors (Lipinski definition) is 8. The van der Waals surface area contributed by atoms with Gasteiger partial charge >= 0.3 is 11.9 Å². The van der Waals surface area contributed by atoms with Crippen molar-refractivity contribution in [2.75, 3.05) is 25.3 Å². The van der Waals surface area contributed by atoms with Crippen LogP contribution in [0.25, 0.3) is 0 Å². The Bertz CT molecular complexity index is 1260. The van der Waals surface area contributed by atoms with Gasteiger partial charge in [0.25, 0.3) is 0 Å². The molecule has 1 aliphatic heterocycles. The van der Waals surface area contributed by atoms with Crippen molar-refractivity contribution in [3.8, 4) is 6.07 Å². The molecule has 0 unspecified atom stereocenters. The van der Waals surface area contributed by atoms with Crippen LogP contribution in [0.1, 0.15) is 33.0 Å². The van der Waals surface area contributed by atoms with Crippen molar-refractivity contribution in [3.63, 3.8) is 0 Å². The molecule has 0 radical (unpaired) electrons. The van der Waals surface area contributed by atoms with E-state index in [4.69, 9.17) is 9.47 Å². The van der Waals surface area contributed by atoms with Crippen LogP contribution in [0.2, 0.25) is 0 Å². The van der Waals surface area contributed by atoms with Crippen LogP contribution in [-0.2, 0) is 23.9 Å². The molecule has 0 spiro atoms. The van der Waals surface area contributed by atoms with Crippen LogP contribution in [0.3, 0.4) is 0 Å². The van der Waals surface area contributed by atoms with Gasteiger partial charge in [0.15, 0.2) is 0 Å². The number of benzene rings is 2. The largest absolute Gasteiger partial charge is 0.468 e. The molecule has 2 amide bonds. The van der Waals surface area contributed by atoms with E-state index in [9.17, 15) is 24.4 Å². The van der Waals surface area contributed by atoms with Crippen LogP contribution >= 0.6 is 11.8 Å². The fourth-order valence-corrected chi connectivity index (χ4v) is 4.85. The van der Waals surface area contributed by atoms with E-state index < -0.39 is 29.7 Å². The Balaban J connectivity index is 1.91. The molecule has 10 heteroatoms. The van der Waals surface area contributed by atoms with E-state index in [-0.39, 0.29) is 27.8 Å². The summed E-state index contributed by atoms with van der Waals surface area (Å²) in [6.45, 7) is 3.85. The first-order valence-corrected chi connectivity index (χ1v) is 11.9. The minimum atomic E-state index is -1.32. The summed E-state index contributed by atoms with van der Waals surface area (Å²) >= 11 is 0.988. The molecular weight excluding hydrogens is 482 g/mol. The number of thioether (sulfide) groups is 1. The maximum atomic E-state index is 12.9. The highest BCUT2D eigenvalue weighted by atomic mass is 32.2. The van der Waals surface area contributed by atoms with E-state index in [1.807, 2.05) is 32.0 Å². The number of allylic oxidation sites excluding steroid dienone is 1. The highest BCUT2D eigenvalue weighted by Gasteiger charge is 2.44. The first-order chi connectivity index (χ1) is 17.2. The van der Waals surface area contributed by atoms with E-state index in [1.165, 1.54) is 19.2 Å². The van der Waals surface area contributed by atoms with Crippen LogP contribution in [0.5, 0.6) is 0 Å². The number of carbonyl (C=O) groups is 4. The predicted molar refractivity (Wildman–Crippen MR) is 134 cm³/mol. The smallest absolute Gasteiger partial charge is 0.337 e. The number of aryl methyl sites for hydroxylation is 2. The number of ether oxygens (including phenoxy) is 2. The molecule has 0 aliphatic carbocycles. The van der Waals surface area contributed by atoms with Crippen LogP contribution < -0.4 is 10.6 Å². The Labute approximate surface area is 212 Å². The molecule has 0 bridgehead atoms. The Kier molecular flexibility index (Phi) is 8.51. The average molecular weight is 508 g/mol. The van der Waals surface area contributed by atoms with Crippen molar-refractivity contribution in [3.05, 3.63) is 75.3 Å². The molecule has 2 N–H and O–H groups in total. The Morgan fingerprint density at radius 3 is 2.25 bits per heavy atom. The van der Waals surface area contributed by atoms with Crippen LogP contribution in [0.4, 0.5) is 5.69 Å². The summed E-state index contributed by atoms with van der Waals surface area (Å²) in [5.41, 5.74) is 3.50. The number of amides is 2. The summed E-state index contributed by atoms with van der Waals surface area (Å²) in [5.74, 6) is -4.69. The summed E-state index contributed by atoms with van der Waals surface area (Å²) in [6.07, 6.45) is 0. The maximum Gasteiger partial charge on any atom is 0.337 e. The molecule has 2 aromatic rings. The molecule has 36 heavy (non-hydrogen) atoms. The summed E-state index contributed by atoms with van der Waals surface area (Å²) in [4.78, 5) is 49.8. The predicted octanol–water partition coefficient (Wildman–Crippen LogP) is 3.20. The van der Waals surface area contributed by atoms with Gasteiger partial charge in [-0.25, -0.2) is 4.79 Å². The Morgan fingerprint density at radius 2 is 1.69 bits per heavy atom. The van der Waals surface area contributed by atoms with Gasteiger partial charge in [0.05, 0.1) is 42.2 Å². The third kappa shape index (κ3) is 5.93. The van der Waals surface area contributed by atoms with Crippen LogP contribution in [0, 0.1) is 31.1 Å². The van der Waals surface area contributed by atoms with E-state index in [1.54, 1.807) is 12.1 Å². The zero-order valence-electron chi connectivity index (χ0n) is 20.2. The minimum Gasteiger partial charge on any atom is -0.468 e. The number of nitriles is 1. The topological polar surface area (TPSA) is 135 Å². The van der Waals surface area contributed by atoms with Crippen molar-refractivity contribution in [1.29, 1.82) is 5.26 Å². The highest BCUT2D eigenvalue weighted by Crippen LogP contribution is 2.40. The quantitative estimate of drug-likeness (QED) is 0.431. The van der Waals surface area contributed by atoms with Gasteiger partial charge in [-0.15, -0.1) is 0 Å². The van der Waals surface area contributed by atoms with Crippen molar-refractivity contribution in [2.45, 2.75) is 19.8 Å². The van der Waals surface area contributed by atoms with Crippen molar-refractivity contribution >= 4 is 41.2 Å². The molecule has 2 aromatic carbocycles. The van der Waals surface area contributed by atoms with Gasteiger partial charge in [0.2, 0.25) is 11.8 Å². The third-order valence-electron chi connectivity index (χ3n) is 5.53. The lowest BCUT2D eigenvalue weighted by Gasteiger charge is -2.31. The summed E-state index contributed by atoms with van der Waals surface area (Å²) in [7, 11) is 2.41. The normalized spacial score (nSPS) is 17.0. The maximum absolute atomic E-state index is 12.9. The number of anilines is 1. The zero-order chi connectivity index (χ0) is 26.4. The molecule has 9 nitrogen and oxygen atoms in total. The van der Waals surface area contributed by atoms with E-state index >= 15 is 0 Å². The summed E-state index contributed by atoms with van der Waals surface area (Å²) < 4.78 is 9.53. The molecule has 0 saturated heterocycles. The van der Waals surface area contributed by atoms with Crippen molar-refractivity contribution in [1.82, 2.24) is 5.32 Å². The summed E-state index contributed by atoms with van der Waals surface area (Å²) in [6, 6.07) is 13.8. The van der Waals surface area contributed by atoms with Crippen molar-refractivity contribution < 1.29 is 28.7 Å². The zero-order valence-corrected chi connectivity index (χ0v) is 21.0. The first kappa shape index (κ1) is 26.5. The lowest BCUT2D eigenvalue weighted by molar-refractivity contribution is -0.150. The summed E-state index contributed by atoms with van der Waals surface area (Å²) in [5, 5.41) is 15.6. The van der Waals surface area contributed by atoms with Gasteiger partial charge < -0.3 is 20.1 Å². The second-order valence-corrected chi connectivity index (χ2v) is 9.13. The number of methoxy groups -OCH3 is 2. The van der Waals surface area contributed by atoms with Gasteiger partial charge in [-0.2, -0.15) is 5.26 Å². The van der Waals surface area contributed by atoms with Gasteiger partial charge in [-0.05, 0) is 54.8 Å². The number of nitrogens with zero attached hydrogens (tertiary/aromatic N) is 1. The molecule has 2 atom stereocenters. The molecule has 1 heterocycles. The molecule has 1 aliphatic rings. The number of carbonyl (C=O) groups excluding carboxylic acids is 4. The Hall–Kier alpha value is -4.10. The number of rotatable bonds is 7. The molecule has 0 saturated carbocycles. The van der Waals surface area contributed by atoms with Crippen LogP contribution in [0.15, 0.2) is 53.1 Å². The SMILES string of the molecule is COC(=O)c1ccc([C@H]2C(C#N)=C(SCC(=O)Nc3cc(C)cc(C)c3)NC(=O)[C@H]2C(=O)OC)cc1. The van der Waals surface area contributed by atoms with Gasteiger partial charge in [-0.3, -0.25) is 14.4 Å². The van der Waals surface area contributed by atoms with E-state index in [0.717, 1.165) is 30.0 Å². The Morgan fingerprint density at radius 1 is 1.06 bits per heavy atom. The number of nitrogens with one attached hydrogen (secondary N) is 2. The second-order valence-electron chi connectivity index (χ2n) is 8.15. The number of esters is 2. The molecule has 186 valence electrons. The standard InChI is InChI=1S/C26H25N3O6S/c1-14-9-15(2)11-18(10-14)28-20(30)13-36-24-19(12-27)21(22(23(31)29-24)26(33)35-4)16-5-7-17(8-6-16)25(32)34-3/h5-11,21-22H,13H2,1-4H3,(H,28,30)(H,29,31)/t21-,22-/m0/s1.